The Kier molecular flexibility index (Phi) is 3.63. The molecule has 0 spiro atoms. The van der Waals surface area contributed by atoms with Gasteiger partial charge in [-0.3, -0.25) is 0 Å². The van der Waals surface area contributed by atoms with Crippen molar-refractivity contribution < 1.29 is 18.3 Å². The summed E-state index contributed by atoms with van der Waals surface area (Å²) < 4.78 is 22.3. The monoisotopic (exact) mass is 277 g/mol. The first kappa shape index (κ1) is 14.1. The summed E-state index contributed by atoms with van der Waals surface area (Å²) in [4.78, 5) is 15.3. The normalized spacial score (nSPS) is 12.7. The van der Waals surface area contributed by atoms with E-state index < -0.39 is 21.2 Å². The van der Waals surface area contributed by atoms with Gasteiger partial charge in [-0.25, -0.2) is 18.2 Å². The quantitative estimate of drug-likeness (QED) is 0.908. The van der Waals surface area contributed by atoms with E-state index in [9.17, 15) is 13.2 Å². The minimum absolute atomic E-state index is 0.121. The maximum Gasteiger partial charge on any atom is 0.347 e. The highest BCUT2D eigenvalue weighted by Gasteiger charge is 2.27. The van der Waals surface area contributed by atoms with Crippen molar-refractivity contribution in [3.8, 4) is 0 Å². The molecule has 1 rings (SSSR count). The minimum Gasteiger partial charge on any atom is -0.477 e. The SMILES string of the molecule is CC(C)(C)c1nc(CS(C)(=O)=O)sc1C(=O)O. The van der Waals surface area contributed by atoms with Crippen LogP contribution in [0, 0.1) is 0 Å². The summed E-state index contributed by atoms with van der Waals surface area (Å²) in [5.41, 5.74) is 0.0219. The van der Waals surface area contributed by atoms with Gasteiger partial charge in [-0.05, 0) is 0 Å². The molecular weight excluding hydrogens is 262 g/mol. The van der Waals surface area contributed by atoms with Crippen LogP contribution in [0.15, 0.2) is 0 Å². The van der Waals surface area contributed by atoms with Crippen molar-refractivity contribution in [3.63, 3.8) is 0 Å². The molecule has 0 fully saturated rings. The first-order chi connectivity index (χ1) is 7.50. The number of thiazole rings is 1. The van der Waals surface area contributed by atoms with Crippen LogP contribution in [0.3, 0.4) is 0 Å². The number of aromatic carboxylic acids is 1. The molecule has 5 nitrogen and oxygen atoms in total. The average molecular weight is 277 g/mol. The zero-order chi connectivity index (χ0) is 13.4. The van der Waals surface area contributed by atoms with Crippen LogP contribution in [0.25, 0.3) is 0 Å². The van der Waals surface area contributed by atoms with Crippen molar-refractivity contribution in [2.24, 2.45) is 0 Å². The molecule has 0 amide bonds. The van der Waals surface area contributed by atoms with Crippen LogP contribution in [-0.4, -0.2) is 30.7 Å². The predicted molar refractivity (Wildman–Crippen MR) is 66.3 cm³/mol. The Hall–Kier alpha value is -0.950. The number of carboxylic acids is 1. The number of nitrogens with zero attached hydrogens (tertiary/aromatic N) is 1. The van der Waals surface area contributed by atoms with Crippen molar-refractivity contribution in [1.29, 1.82) is 0 Å². The van der Waals surface area contributed by atoms with Crippen molar-refractivity contribution in [3.05, 3.63) is 15.6 Å². The molecule has 0 aliphatic heterocycles. The van der Waals surface area contributed by atoms with Crippen molar-refractivity contribution in [1.82, 2.24) is 4.98 Å². The van der Waals surface area contributed by atoms with Gasteiger partial charge in [-0.1, -0.05) is 20.8 Å². The summed E-state index contributed by atoms with van der Waals surface area (Å²) in [6, 6.07) is 0. The molecule has 0 bridgehead atoms. The smallest absolute Gasteiger partial charge is 0.347 e. The first-order valence-corrected chi connectivity index (χ1v) is 7.79. The van der Waals surface area contributed by atoms with Gasteiger partial charge in [0.15, 0.2) is 9.84 Å². The van der Waals surface area contributed by atoms with Crippen molar-refractivity contribution in [2.45, 2.75) is 31.9 Å². The van der Waals surface area contributed by atoms with Gasteiger partial charge in [-0.2, -0.15) is 0 Å². The molecule has 1 aromatic rings. The topological polar surface area (TPSA) is 84.3 Å². The van der Waals surface area contributed by atoms with Crippen LogP contribution in [0.1, 0.15) is 41.1 Å². The van der Waals surface area contributed by atoms with E-state index in [0.717, 1.165) is 17.6 Å². The fourth-order valence-electron chi connectivity index (χ4n) is 1.30. The van der Waals surface area contributed by atoms with Gasteiger partial charge in [0.1, 0.15) is 15.6 Å². The molecule has 0 atom stereocenters. The second-order valence-corrected chi connectivity index (χ2v) is 8.13. The zero-order valence-electron chi connectivity index (χ0n) is 10.1. The number of hydrogen-bond acceptors (Lipinski definition) is 5. The number of rotatable bonds is 3. The molecule has 0 saturated heterocycles. The number of hydrogen-bond donors (Lipinski definition) is 1. The Balaban J connectivity index is 3.27. The third-order valence-corrected chi connectivity index (χ3v) is 3.99. The van der Waals surface area contributed by atoms with Gasteiger partial charge in [0.25, 0.3) is 0 Å². The molecule has 1 N–H and O–H groups in total. The molecule has 17 heavy (non-hydrogen) atoms. The number of carbonyl (C=O) groups is 1. The van der Waals surface area contributed by atoms with Gasteiger partial charge in [-0.15, -0.1) is 11.3 Å². The molecule has 0 saturated carbocycles. The second-order valence-electron chi connectivity index (χ2n) is 4.91. The summed E-state index contributed by atoms with van der Waals surface area (Å²) in [5.74, 6) is -1.28. The highest BCUT2D eigenvalue weighted by molar-refractivity contribution is 7.90. The van der Waals surface area contributed by atoms with Crippen LogP contribution < -0.4 is 0 Å². The Morgan fingerprint density at radius 2 is 1.94 bits per heavy atom. The largest absolute Gasteiger partial charge is 0.477 e. The van der Waals surface area contributed by atoms with Crippen molar-refractivity contribution >= 4 is 27.1 Å². The summed E-state index contributed by atoms with van der Waals surface area (Å²) in [5, 5.41) is 9.39. The lowest BCUT2D eigenvalue weighted by atomic mass is 9.91. The lowest BCUT2D eigenvalue weighted by Gasteiger charge is -2.15. The van der Waals surface area contributed by atoms with E-state index in [-0.39, 0.29) is 10.6 Å². The van der Waals surface area contributed by atoms with Gasteiger partial charge in [0.05, 0.1) is 5.69 Å². The molecule has 0 radical (unpaired) electrons. The Morgan fingerprint density at radius 3 is 2.24 bits per heavy atom. The summed E-state index contributed by atoms with van der Waals surface area (Å²) in [7, 11) is -3.20. The van der Waals surface area contributed by atoms with E-state index in [1.165, 1.54) is 0 Å². The molecule has 96 valence electrons. The maximum atomic E-state index is 11.2. The Bertz CT molecular complexity index is 537. The molecule has 1 aromatic heterocycles. The molecule has 0 aliphatic rings. The van der Waals surface area contributed by atoms with Gasteiger partial charge in [0.2, 0.25) is 0 Å². The second kappa shape index (κ2) is 4.38. The minimum atomic E-state index is -3.20. The van der Waals surface area contributed by atoms with E-state index in [2.05, 4.69) is 4.98 Å². The third kappa shape index (κ3) is 3.78. The maximum absolute atomic E-state index is 11.2. The summed E-state index contributed by atoms with van der Waals surface area (Å²) in [6.07, 6.45) is 1.10. The fourth-order valence-corrected chi connectivity index (χ4v) is 3.60. The fraction of sp³-hybridized carbons (Fsp3) is 0.600. The predicted octanol–water partition coefficient (Wildman–Crippen LogP) is 1.68. The molecule has 0 unspecified atom stereocenters. The standard InChI is InChI=1S/C10H15NO4S2/c1-10(2,3)8-7(9(12)13)16-6(11-8)5-17(4,14)15/h5H2,1-4H3,(H,12,13). The van der Waals surface area contributed by atoms with Crippen LogP contribution in [-0.2, 0) is 21.0 Å². The first-order valence-electron chi connectivity index (χ1n) is 4.92. The number of carboxylic acid groups (broad SMARTS) is 1. The number of sulfone groups is 1. The average Bonchev–Trinajstić information content (AvgIpc) is 2.43. The molecule has 1 heterocycles. The van der Waals surface area contributed by atoms with Gasteiger partial charge in [0, 0.05) is 11.7 Å². The van der Waals surface area contributed by atoms with Gasteiger partial charge >= 0.3 is 5.97 Å². The summed E-state index contributed by atoms with van der Waals surface area (Å²) in [6.45, 7) is 5.54. The van der Waals surface area contributed by atoms with Gasteiger partial charge < -0.3 is 5.11 Å². The molecule has 0 aromatic carbocycles. The van der Waals surface area contributed by atoms with Crippen LogP contribution in [0.2, 0.25) is 0 Å². The van der Waals surface area contributed by atoms with E-state index in [1.54, 1.807) is 0 Å². The lowest BCUT2D eigenvalue weighted by molar-refractivity contribution is 0.0699. The molecule has 0 aliphatic carbocycles. The van der Waals surface area contributed by atoms with E-state index in [4.69, 9.17) is 5.11 Å². The van der Waals surface area contributed by atoms with Crippen LogP contribution in [0.5, 0.6) is 0 Å². The Labute approximate surface area is 104 Å². The Morgan fingerprint density at radius 1 is 1.41 bits per heavy atom. The van der Waals surface area contributed by atoms with Crippen LogP contribution in [0.4, 0.5) is 0 Å². The molecule has 7 heteroatoms. The third-order valence-electron chi connectivity index (χ3n) is 1.96. The zero-order valence-corrected chi connectivity index (χ0v) is 11.8. The summed E-state index contributed by atoms with van der Waals surface area (Å²) >= 11 is 0.932. The van der Waals surface area contributed by atoms with Crippen molar-refractivity contribution in [2.75, 3.05) is 6.26 Å². The highest BCUT2D eigenvalue weighted by Crippen LogP contribution is 2.30. The number of aromatic nitrogens is 1. The molecular formula is C10H15NO4S2. The lowest BCUT2D eigenvalue weighted by Crippen LogP contribution is -2.16. The van der Waals surface area contributed by atoms with E-state index >= 15 is 0 Å². The van der Waals surface area contributed by atoms with E-state index in [1.807, 2.05) is 20.8 Å². The van der Waals surface area contributed by atoms with Crippen LogP contribution >= 0.6 is 11.3 Å². The highest BCUT2D eigenvalue weighted by atomic mass is 32.2. The van der Waals surface area contributed by atoms with E-state index in [0.29, 0.717) is 10.7 Å².